The van der Waals surface area contributed by atoms with Gasteiger partial charge in [0.05, 0.1) is 12.8 Å². The van der Waals surface area contributed by atoms with Crippen molar-refractivity contribution >= 4 is 17.4 Å². The van der Waals surface area contributed by atoms with Gasteiger partial charge in [-0.05, 0) is 50.1 Å². The molecule has 6 nitrogen and oxygen atoms in total. The summed E-state index contributed by atoms with van der Waals surface area (Å²) in [6, 6.07) is 9.30. The van der Waals surface area contributed by atoms with Gasteiger partial charge in [-0.3, -0.25) is 4.79 Å². The fourth-order valence-corrected chi connectivity index (χ4v) is 1.98. The van der Waals surface area contributed by atoms with Crippen LogP contribution in [-0.4, -0.2) is 29.3 Å². The van der Waals surface area contributed by atoms with Gasteiger partial charge in [-0.2, -0.15) is 0 Å². The average Bonchev–Trinajstić information content (AvgIpc) is 2.55. The summed E-state index contributed by atoms with van der Waals surface area (Å²) in [5.41, 5.74) is 2.21. The summed E-state index contributed by atoms with van der Waals surface area (Å²) in [5.74, 6) is 1.05. The van der Waals surface area contributed by atoms with Crippen LogP contribution in [0.25, 0.3) is 0 Å². The largest absolute Gasteiger partial charge is 0.495 e. The minimum absolute atomic E-state index is 0.110. The summed E-state index contributed by atoms with van der Waals surface area (Å²) in [4.78, 5) is 12.0. The van der Waals surface area contributed by atoms with E-state index >= 15 is 0 Å². The second kappa shape index (κ2) is 7.58. The van der Waals surface area contributed by atoms with Gasteiger partial charge in [-0.1, -0.05) is 13.0 Å². The molecule has 23 heavy (non-hydrogen) atoms. The van der Waals surface area contributed by atoms with Crippen LogP contribution in [0.5, 0.6) is 5.75 Å². The zero-order chi connectivity index (χ0) is 16.8. The lowest BCUT2D eigenvalue weighted by atomic mass is 10.2. The highest BCUT2D eigenvalue weighted by atomic mass is 16.5. The number of aryl methyl sites for hydroxylation is 1. The molecule has 0 spiro atoms. The smallest absolute Gasteiger partial charge is 0.272 e. The number of methoxy groups -OCH3 is 1. The van der Waals surface area contributed by atoms with Crippen LogP contribution in [0.15, 0.2) is 30.3 Å². The Morgan fingerprint density at radius 1 is 1.26 bits per heavy atom. The number of benzene rings is 1. The summed E-state index contributed by atoms with van der Waals surface area (Å²) >= 11 is 0. The third kappa shape index (κ3) is 4.42. The lowest BCUT2D eigenvalue weighted by Gasteiger charge is -2.12. The lowest BCUT2D eigenvalue weighted by Crippen LogP contribution is -2.32. The van der Waals surface area contributed by atoms with E-state index in [-0.39, 0.29) is 11.9 Å². The molecule has 1 aromatic heterocycles. The van der Waals surface area contributed by atoms with E-state index in [9.17, 15) is 4.79 Å². The number of ether oxygens (including phenoxy) is 1. The first-order valence-electron chi connectivity index (χ1n) is 7.59. The number of nitrogens with zero attached hydrogens (tertiary/aromatic N) is 2. The normalized spacial score (nSPS) is 11.7. The number of rotatable bonds is 6. The van der Waals surface area contributed by atoms with Gasteiger partial charge in [-0.25, -0.2) is 0 Å². The molecular weight excluding hydrogens is 292 g/mol. The lowest BCUT2D eigenvalue weighted by molar-refractivity contribution is 0.0933. The highest BCUT2D eigenvalue weighted by Gasteiger charge is 2.11. The number of aromatic nitrogens is 2. The van der Waals surface area contributed by atoms with Gasteiger partial charge in [0.2, 0.25) is 0 Å². The Balaban J connectivity index is 2.11. The molecule has 1 amide bonds. The molecule has 0 aliphatic heterocycles. The fraction of sp³-hybridized carbons (Fsp3) is 0.353. The highest BCUT2D eigenvalue weighted by molar-refractivity contribution is 5.92. The minimum atomic E-state index is -0.216. The molecule has 6 heteroatoms. The Hall–Kier alpha value is -2.63. The van der Waals surface area contributed by atoms with Gasteiger partial charge in [0.1, 0.15) is 5.75 Å². The number of hydrogen-bond acceptors (Lipinski definition) is 5. The Morgan fingerprint density at radius 3 is 2.65 bits per heavy atom. The summed E-state index contributed by atoms with van der Waals surface area (Å²) in [6.07, 6.45) is 0.867. The Morgan fingerprint density at radius 2 is 2.04 bits per heavy atom. The van der Waals surface area contributed by atoms with E-state index < -0.39 is 0 Å². The first-order valence-corrected chi connectivity index (χ1v) is 7.59. The number of anilines is 2. The molecule has 0 saturated carbocycles. The molecule has 1 heterocycles. The number of nitrogens with one attached hydrogen (secondary N) is 2. The SMILES string of the molecule is CCC(C)NC(=O)c1ccc(Nc2cc(C)ccc2OC)nn1. The summed E-state index contributed by atoms with van der Waals surface area (Å²) < 4.78 is 5.32. The summed E-state index contributed by atoms with van der Waals surface area (Å²) in [6.45, 7) is 5.96. The first-order chi connectivity index (χ1) is 11.0. The summed E-state index contributed by atoms with van der Waals surface area (Å²) in [5, 5.41) is 14.0. The average molecular weight is 314 g/mol. The van der Waals surface area contributed by atoms with Crippen LogP contribution in [-0.2, 0) is 0 Å². The van der Waals surface area contributed by atoms with Crippen molar-refractivity contribution in [3.8, 4) is 5.75 Å². The van der Waals surface area contributed by atoms with Crippen LogP contribution in [0, 0.1) is 6.92 Å². The standard InChI is InChI=1S/C17H22N4O2/c1-5-12(3)18-17(22)13-7-9-16(21-20-13)19-14-10-11(2)6-8-15(14)23-4/h6-10,12H,5H2,1-4H3,(H,18,22)(H,19,21). The molecule has 0 bridgehead atoms. The molecule has 0 fully saturated rings. The molecule has 0 saturated heterocycles. The maximum absolute atomic E-state index is 12.0. The van der Waals surface area contributed by atoms with Crippen LogP contribution in [0.1, 0.15) is 36.3 Å². The van der Waals surface area contributed by atoms with Gasteiger partial charge in [0.15, 0.2) is 11.5 Å². The second-order valence-corrected chi connectivity index (χ2v) is 5.42. The van der Waals surface area contributed by atoms with E-state index in [2.05, 4.69) is 20.8 Å². The number of carbonyl (C=O) groups excluding carboxylic acids is 1. The third-order valence-corrected chi connectivity index (χ3v) is 3.50. The molecule has 1 atom stereocenters. The minimum Gasteiger partial charge on any atom is -0.495 e. The van der Waals surface area contributed by atoms with Crippen molar-refractivity contribution in [3.05, 3.63) is 41.6 Å². The molecule has 2 aromatic rings. The maximum atomic E-state index is 12.0. The summed E-state index contributed by atoms with van der Waals surface area (Å²) in [7, 11) is 1.61. The van der Waals surface area contributed by atoms with Crippen molar-refractivity contribution in [2.24, 2.45) is 0 Å². The maximum Gasteiger partial charge on any atom is 0.272 e. The molecular formula is C17H22N4O2. The highest BCUT2D eigenvalue weighted by Crippen LogP contribution is 2.27. The molecule has 2 N–H and O–H groups in total. The van der Waals surface area contributed by atoms with Gasteiger partial charge >= 0.3 is 0 Å². The van der Waals surface area contributed by atoms with Crippen LogP contribution in [0.3, 0.4) is 0 Å². The number of amides is 1. The van der Waals surface area contributed by atoms with E-state index in [0.29, 0.717) is 11.5 Å². The van der Waals surface area contributed by atoms with Crippen LogP contribution in [0.2, 0.25) is 0 Å². The van der Waals surface area contributed by atoms with Crippen molar-refractivity contribution in [1.82, 2.24) is 15.5 Å². The van der Waals surface area contributed by atoms with E-state index in [1.165, 1.54) is 0 Å². The van der Waals surface area contributed by atoms with Gasteiger partial charge in [0, 0.05) is 6.04 Å². The van der Waals surface area contributed by atoms with Crippen molar-refractivity contribution in [1.29, 1.82) is 0 Å². The van der Waals surface area contributed by atoms with E-state index in [4.69, 9.17) is 4.74 Å². The number of carbonyl (C=O) groups is 1. The predicted octanol–water partition coefficient (Wildman–Crippen LogP) is 3.07. The Kier molecular flexibility index (Phi) is 5.51. The van der Waals surface area contributed by atoms with Crippen molar-refractivity contribution in [3.63, 3.8) is 0 Å². The second-order valence-electron chi connectivity index (χ2n) is 5.42. The molecule has 2 rings (SSSR count). The van der Waals surface area contributed by atoms with E-state index in [1.807, 2.05) is 39.0 Å². The quantitative estimate of drug-likeness (QED) is 0.857. The van der Waals surface area contributed by atoms with E-state index in [0.717, 1.165) is 23.4 Å². The van der Waals surface area contributed by atoms with Gasteiger partial charge < -0.3 is 15.4 Å². The van der Waals surface area contributed by atoms with E-state index in [1.54, 1.807) is 19.2 Å². The van der Waals surface area contributed by atoms with Crippen LogP contribution in [0.4, 0.5) is 11.5 Å². The number of hydrogen-bond donors (Lipinski definition) is 2. The molecule has 1 aromatic carbocycles. The molecule has 0 radical (unpaired) electrons. The van der Waals surface area contributed by atoms with Gasteiger partial charge in [-0.15, -0.1) is 10.2 Å². The van der Waals surface area contributed by atoms with Crippen LogP contribution < -0.4 is 15.4 Å². The van der Waals surface area contributed by atoms with Crippen molar-refractivity contribution in [2.75, 3.05) is 12.4 Å². The molecule has 0 aliphatic carbocycles. The Labute approximate surface area is 136 Å². The fourth-order valence-electron chi connectivity index (χ4n) is 1.98. The first kappa shape index (κ1) is 16.7. The molecule has 0 aliphatic rings. The van der Waals surface area contributed by atoms with Crippen molar-refractivity contribution in [2.45, 2.75) is 33.2 Å². The molecule has 1 unspecified atom stereocenters. The zero-order valence-electron chi connectivity index (χ0n) is 13.9. The predicted molar refractivity (Wildman–Crippen MR) is 90.3 cm³/mol. The van der Waals surface area contributed by atoms with Crippen molar-refractivity contribution < 1.29 is 9.53 Å². The third-order valence-electron chi connectivity index (χ3n) is 3.50. The zero-order valence-corrected chi connectivity index (χ0v) is 13.9. The topological polar surface area (TPSA) is 76.1 Å². The molecule has 122 valence electrons. The van der Waals surface area contributed by atoms with Gasteiger partial charge in [0.25, 0.3) is 5.91 Å². The monoisotopic (exact) mass is 314 g/mol. The Bertz CT molecular complexity index is 671. The van der Waals surface area contributed by atoms with Crippen LogP contribution >= 0.6 is 0 Å².